The molecule has 3 aromatic carbocycles. The first-order valence-corrected chi connectivity index (χ1v) is 11.8. The van der Waals surface area contributed by atoms with E-state index in [1.807, 2.05) is 25.1 Å². The molecular weight excluding hydrogens is 483 g/mol. The normalized spacial score (nSPS) is 12.8. The van der Waals surface area contributed by atoms with Crippen molar-refractivity contribution in [2.24, 2.45) is 0 Å². The first-order valence-electron chi connectivity index (χ1n) is 10.2. The summed E-state index contributed by atoms with van der Waals surface area (Å²) in [6, 6.07) is 17.3. The van der Waals surface area contributed by atoms with E-state index in [1.54, 1.807) is 36.4 Å². The van der Waals surface area contributed by atoms with Gasteiger partial charge in [-0.05, 0) is 55.0 Å². The Morgan fingerprint density at radius 3 is 2.55 bits per heavy atom. The SMILES string of the molecule is CCC(Sc1cccc(NC(=O)c2ccc(Cl)cc2Cl)c1)C(=O)Nc1ccc2c(c1)OCO2. The number of benzene rings is 3. The predicted molar refractivity (Wildman–Crippen MR) is 132 cm³/mol. The van der Waals surface area contributed by atoms with Crippen molar-refractivity contribution in [3.8, 4) is 11.5 Å². The third-order valence-corrected chi connectivity index (χ3v) is 6.76. The Bertz CT molecular complexity index is 1200. The molecule has 0 aliphatic carbocycles. The lowest BCUT2D eigenvalue weighted by Crippen LogP contribution is -2.24. The van der Waals surface area contributed by atoms with E-state index in [0.29, 0.717) is 39.9 Å². The highest BCUT2D eigenvalue weighted by molar-refractivity contribution is 8.00. The largest absolute Gasteiger partial charge is 0.454 e. The summed E-state index contributed by atoms with van der Waals surface area (Å²) in [4.78, 5) is 26.3. The number of carbonyl (C=O) groups is 2. The summed E-state index contributed by atoms with van der Waals surface area (Å²) in [7, 11) is 0. The fraction of sp³-hybridized carbons (Fsp3) is 0.167. The molecule has 1 heterocycles. The van der Waals surface area contributed by atoms with Crippen LogP contribution in [0.2, 0.25) is 10.0 Å². The molecule has 0 spiro atoms. The van der Waals surface area contributed by atoms with E-state index in [-0.39, 0.29) is 28.9 Å². The van der Waals surface area contributed by atoms with Crippen LogP contribution in [-0.4, -0.2) is 23.9 Å². The van der Waals surface area contributed by atoms with Gasteiger partial charge in [0, 0.05) is 27.4 Å². The second kappa shape index (κ2) is 10.4. The molecule has 1 unspecified atom stereocenters. The molecule has 1 aliphatic heterocycles. The zero-order valence-corrected chi connectivity index (χ0v) is 19.9. The van der Waals surface area contributed by atoms with Gasteiger partial charge in [-0.2, -0.15) is 0 Å². The van der Waals surface area contributed by atoms with Crippen molar-refractivity contribution < 1.29 is 19.1 Å². The van der Waals surface area contributed by atoms with Crippen LogP contribution in [-0.2, 0) is 4.79 Å². The highest BCUT2D eigenvalue weighted by atomic mass is 35.5. The minimum atomic E-state index is -0.341. The molecule has 0 fully saturated rings. The smallest absolute Gasteiger partial charge is 0.257 e. The van der Waals surface area contributed by atoms with Gasteiger partial charge in [0.15, 0.2) is 11.5 Å². The summed E-state index contributed by atoms with van der Waals surface area (Å²) in [5.41, 5.74) is 1.57. The van der Waals surface area contributed by atoms with Gasteiger partial charge >= 0.3 is 0 Å². The highest BCUT2D eigenvalue weighted by Crippen LogP contribution is 2.35. The van der Waals surface area contributed by atoms with Gasteiger partial charge in [-0.25, -0.2) is 0 Å². The van der Waals surface area contributed by atoms with Crippen LogP contribution in [0.4, 0.5) is 11.4 Å². The van der Waals surface area contributed by atoms with Crippen LogP contribution in [0, 0.1) is 0 Å². The van der Waals surface area contributed by atoms with Crippen molar-refractivity contribution in [1.29, 1.82) is 0 Å². The minimum absolute atomic E-state index is 0.122. The maximum Gasteiger partial charge on any atom is 0.257 e. The van der Waals surface area contributed by atoms with E-state index in [1.165, 1.54) is 17.8 Å². The minimum Gasteiger partial charge on any atom is -0.454 e. The molecule has 4 rings (SSSR count). The molecule has 33 heavy (non-hydrogen) atoms. The summed E-state index contributed by atoms with van der Waals surface area (Å²) < 4.78 is 10.7. The monoisotopic (exact) mass is 502 g/mol. The molecular formula is C24H20Cl2N2O4S. The Balaban J connectivity index is 1.41. The Hall–Kier alpha value is -2.87. The Labute approximate surface area is 205 Å². The van der Waals surface area contributed by atoms with E-state index < -0.39 is 0 Å². The van der Waals surface area contributed by atoms with Gasteiger partial charge in [-0.3, -0.25) is 9.59 Å². The molecule has 3 aromatic rings. The van der Waals surface area contributed by atoms with E-state index >= 15 is 0 Å². The summed E-state index contributed by atoms with van der Waals surface area (Å²) >= 11 is 13.5. The van der Waals surface area contributed by atoms with E-state index in [9.17, 15) is 9.59 Å². The van der Waals surface area contributed by atoms with Crippen molar-refractivity contribution in [2.45, 2.75) is 23.5 Å². The van der Waals surface area contributed by atoms with Crippen molar-refractivity contribution in [1.82, 2.24) is 0 Å². The highest BCUT2D eigenvalue weighted by Gasteiger charge is 2.20. The van der Waals surface area contributed by atoms with Gasteiger partial charge in [0.25, 0.3) is 5.91 Å². The number of halogens is 2. The Morgan fingerprint density at radius 1 is 0.970 bits per heavy atom. The number of hydrogen-bond donors (Lipinski definition) is 2. The molecule has 2 N–H and O–H groups in total. The molecule has 9 heteroatoms. The van der Waals surface area contributed by atoms with Crippen LogP contribution >= 0.6 is 35.0 Å². The number of thioether (sulfide) groups is 1. The number of fused-ring (bicyclic) bond motifs is 1. The molecule has 0 saturated heterocycles. The lowest BCUT2D eigenvalue weighted by Gasteiger charge is -2.16. The molecule has 1 aliphatic rings. The second-order valence-corrected chi connectivity index (χ2v) is 9.30. The molecule has 0 aromatic heterocycles. The molecule has 170 valence electrons. The van der Waals surface area contributed by atoms with Crippen molar-refractivity contribution >= 4 is 58.2 Å². The number of ether oxygens (including phenoxy) is 2. The maximum atomic E-state index is 12.9. The summed E-state index contributed by atoms with van der Waals surface area (Å²) in [5, 5.41) is 6.17. The maximum absolute atomic E-state index is 12.9. The lowest BCUT2D eigenvalue weighted by atomic mass is 10.2. The third kappa shape index (κ3) is 5.74. The number of carbonyl (C=O) groups excluding carboxylic acids is 2. The Kier molecular flexibility index (Phi) is 7.33. The van der Waals surface area contributed by atoms with Crippen molar-refractivity contribution in [3.05, 3.63) is 76.3 Å². The van der Waals surface area contributed by atoms with E-state index in [0.717, 1.165) is 4.90 Å². The van der Waals surface area contributed by atoms with Gasteiger partial charge < -0.3 is 20.1 Å². The van der Waals surface area contributed by atoms with E-state index in [4.69, 9.17) is 32.7 Å². The fourth-order valence-corrected chi connectivity index (χ4v) is 4.71. The molecule has 0 bridgehead atoms. The number of nitrogens with one attached hydrogen (secondary N) is 2. The fourth-order valence-electron chi connectivity index (χ4n) is 3.20. The second-order valence-electron chi connectivity index (χ2n) is 7.18. The van der Waals surface area contributed by atoms with Crippen LogP contribution in [0.5, 0.6) is 11.5 Å². The van der Waals surface area contributed by atoms with Crippen LogP contribution in [0.15, 0.2) is 65.6 Å². The number of anilines is 2. The number of rotatable bonds is 7. The van der Waals surface area contributed by atoms with Gasteiger partial charge in [-0.15, -0.1) is 11.8 Å². The van der Waals surface area contributed by atoms with Crippen LogP contribution < -0.4 is 20.1 Å². The topological polar surface area (TPSA) is 76.7 Å². The van der Waals surface area contributed by atoms with E-state index in [2.05, 4.69) is 10.6 Å². The first kappa shape index (κ1) is 23.3. The average molecular weight is 503 g/mol. The number of hydrogen-bond acceptors (Lipinski definition) is 5. The molecule has 6 nitrogen and oxygen atoms in total. The van der Waals surface area contributed by atoms with Crippen molar-refractivity contribution in [2.75, 3.05) is 17.4 Å². The molecule has 0 saturated carbocycles. The third-order valence-electron chi connectivity index (χ3n) is 4.85. The van der Waals surface area contributed by atoms with Crippen LogP contribution in [0.1, 0.15) is 23.7 Å². The average Bonchev–Trinajstić information content (AvgIpc) is 3.25. The zero-order valence-electron chi connectivity index (χ0n) is 17.6. The summed E-state index contributed by atoms with van der Waals surface area (Å²) in [6.07, 6.45) is 0.623. The molecule has 1 atom stereocenters. The van der Waals surface area contributed by atoms with Crippen LogP contribution in [0.3, 0.4) is 0 Å². The number of amides is 2. The molecule has 0 radical (unpaired) electrons. The standard InChI is InChI=1S/C24H20Cl2N2O4S/c1-2-22(24(30)28-16-7-9-20-21(12-16)32-13-31-20)33-17-5-3-4-15(11-17)27-23(29)18-8-6-14(25)10-19(18)26/h3-12,22H,2,13H2,1H3,(H,27,29)(H,28,30). The quantitative estimate of drug-likeness (QED) is 0.361. The summed E-state index contributed by atoms with van der Waals surface area (Å²) in [6.45, 7) is 2.13. The lowest BCUT2D eigenvalue weighted by molar-refractivity contribution is -0.115. The predicted octanol–water partition coefficient (Wildman–Crippen LogP) is 6.48. The zero-order chi connectivity index (χ0) is 23.4. The first-order chi connectivity index (χ1) is 15.9. The van der Waals surface area contributed by atoms with Gasteiger partial charge in [-0.1, -0.05) is 36.2 Å². The van der Waals surface area contributed by atoms with Crippen LogP contribution in [0.25, 0.3) is 0 Å². The molecule has 2 amide bonds. The Morgan fingerprint density at radius 2 is 1.76 bits per heavy atom. The van der Waals surface area contributed by atoms with Gasteiger partial charge in [0.1, 0.15) is 0 Å². The van der Waals surface area contributed by atoms with Crippen molar-refractivity contribution in [3.63, 3.8) is 0 Å². The summed E-state index contributed by atoms with van der Waals surface area (Å²) in [5.74, 6) is 0.807. The van der Waals surface area contributed by atoms with Gasteiger partial charge in [0.05, 0.1) is 15.8 Å². The van der Waals surface area contributed by atoms with Gasteiger partial charge in [0.2, 0.25) is 12.7 Å².